The van der Waals surface area contributed by atoms with Gasteiger partial charge < -0.3 is 10.8 Å². The van der Waals surface area contributed by atoms with Crippen LogP contribution in [0.2, 0.25) is 0 Å². The molecule has 1 aromatic carbocycles. The van der Waals surface area contributed by atoms with E-state index >= 15 is 0 Å². The van der Waals surface area contributed by atoms with E-state index in [1.807, 2.05) is 12.1 Å². The first-order chi connectivity index (χ1) is 8.29. The Hall–Kier alpha value is -1.06. The maximum Gasteiger partial charge on any atom is 0.115 e. The van der Waals surface area contributed by atoms with Crippen molar-refractivity contribution in [2.24, 2.45) is 5.73 Å². The van der Waals surface area contributed by atoms with Gasteiger partial charge in [-0.1, -0.05) is 18.6 Å². The van der Waals surface area contributed by atoms with Crippen LogP contribution in [-0.2, 0) is 6.54 Å². The minimum Gasteiger partial charge on any atom is -0.508 e. The number of rotatable bonds is 6. The molecule has 3 heteroatoms. The van der Waals surface area contributed by atoms with Gasteiger partial charge in [-0.05, 0) is 50.0 Å². The first kappa shape index (κ1) is 12.4. The summed E-state index contributed by atoms with van der Waals surface area (Å²) in [5.74, 6) is 0.356. The fourth-order valence-corrected chi connectivity index (χ4v) is 2.33. The molecule has 0 saturated heterocycles. The Morgan fingerprint density at radius 1 is 1.35 bits per heavy atom. The number of hydrogen-bond acceptors (Lipinski definition) is 3. The van der Waals surface area contributed by atoms with Gasteiger partial charge in [-0.25, -0.2) is 0 Å². The summed E-state index contributed by atoms with van der Waals surface area (Å²) in [5, 5.41) is 9.47. The van der Waals surface area contributed by atoms with Gasteiger partial charge in [0.25, 0.3) is 0 Å². The lowest BCUT2D eigenvalue weighted by atomic mass is 9.91. The molecule has 1 aliphatic rings. The van der Waals surface area contributed by atoms with Crippen LogP contribution in [0.25, 0.3) is 0 Å². The van der Waals surface area contributed by atoms with Crippen molar-refractivity contribution in [2.75, 3.05) is 13.1 Å². The Bertz CT molecular complexity index is 350. The van der Waals surface area contributed by atoms with E-state index in [0.717, 1.165) is 32.1 Å². The molecule has 1 saturated carbocycles. The third kappa shape index (κ3) is 3.45. The van der Waals surface area contributed by atoms with E-state index in [-0.39, 0.29) is 0 Å². The molecule has 0 radical (unpaired) electrons. The second-order valence-electron chi connectivity index (χ2n) is 4.87. The minimum absolute atomic E-state index is 0.356. The number of hydrogen-bond donors (Lipinski definition) is 2. The minimum atomic E-state index is 0.356. The highest BCUT2D eigenvalue weighted by Crippen LogP contribution is 2.26. The molecule has 3 nitrogen and oxygen atoms in total. The van der Waals surface area contributed by atoms with Gasteiger partial charge in [0, 0.05) is 12.6 Å². The highest BCUT2D eigenvalue weighted by molar-refractivity contribution is 5.27. The summed E-state index contributed by atoms with van der Waals surface area (Å²) in [7, 11) is 0. The summed E-state index contributed by atoms with van der Waals surface area (Å²) in [6.45, 7) is 2.75. The van der Waals surface area contributed by atoms with E-state index in [0.29, 0.717) is 5.75 Å². The van der Waals surface area contributed by atoms with Crippen LogP contribution < -0.4 is 5.73 Å². The number of nitrogens with two attached hydrogens (primary N) is 1. The van der Waals surface area contributed by atoms with E-state index < -0.39 is 0 Å². The molecule has 0 amide bonds. The largest absolute Gasteiger partial charge is 0.508 e. The van der Waals surface area contributed by atoms with Crippen molar-refractivity contribution in [3.63, 3.8) is 0 Å². The summed E-state index contributed by atoms with van der Waals surface area (Å²) in [6, 6.07) is 8.29. The standard InChI is InChI=1S/C14H22N2O/c15-8-3-9-16(13-5-2-6-13)11-12-4-1-7-14(17)10-12/h1,4,7,10,13,17H,2-3,5-6,8-9,11,15H2. The Morgan fingerprint density at radius 2 is 2.18 bits per heavy atom. The average molecular weight is 234 g/mol. The number of phenolic OH excluding ortho intramolecular Hbond substituents is 1. The summed E-state index contributed by atoms with van der Waals surface area (Å²) < 4.78 is 0. The van der Waals surface area contributed by atoms with E-state index in [2.05, 4.69) is 11.0 Å². The van der Waals surface area contributed by atoms with Crippen molar-refractivity contribution in [2.45, 2.75) is 38.3 Å². The first-order valence-corrected chi connectivity index (χ1v) is 6.51. The summed E-state index contributed by atoms with van der Waals surface area (Å²) in [4.78, 5) is 2.51. The van der Waals surface area contributed by atoms with Crippen LogP contribution in [-0.4, -0.2) is 29.1 Å². The van der Waals surface area contributed by atoms with Gasteiger partial charge in [-0.2, -0.15) is 0 Å². The third-order valence-electron chi connectivity index (χ3n) is 3.54. The molecule has 1 aromatic rings. The maximum absolute atomic E-state index is 9.47. The fraction of sp³-hybridized carbons (Fsp3) is 0.571. The van der Waals surface area contributed by atoms with Crippen molar-refractivity contribution in [1.29, 1.82) is 0 Å². The van der Waals surface area contributed by atoms with Gasteiger partial charge in [0.2, 0.25) is 0 Å². The maximum atomic E-state index is 9.47. The van der Waals surface area contributed by atoms with E-state index in [1.54, 1.807) is 6.07 Å². The lowest BCUT2D eigenvalue weighted by Crippen LogP contribution is -2.40. The van der Waals surface area contributed by atoms with Gasteiger partial charge in [0.15, 0.2) is 0 Å². The van der Waals surface area contributed by atoms with Crippen LogP contribution in [0.3, 0.4) is 0 Å². The second-order valence-corrected chi connectivity index (χ2v) is 4.87. The number of phenols is 1. The molecule has 17 heavy (non-hydrogen) atoms. The molecule has 0 aromatic heterocycles. The summed E-state index contributed by atoms with van der Waals surface area (Å²) in [5.41, 5.74) is 6.78. The van der Waals surface area contributed by atoms with Crippen molar-refractivity contribution in [3.05, 3.63) is 29.8 Å². The Kier molecular flexibility index (Phi) is 4.40. The average Bonchev–Trinajstić information content (AvgIpc) is 2.23. The van der Waals surface area contributed by atoms with Crippen LogP contribution >= 0.6 is 0 Å². The topological polar surface area (TPSA) is 49.5 Å². The van der Waals surface area contributed by atoms with Gasteiger partial charge in [-0.3, -0.25) is 4.90 Å². The molecule has 0 heterocycles. The summed E-state index contributed by atoms with van der Waals surface area (Å²) in [6.07, 6.45) is 5.02. The monoisotopic (exact) mass is 234 g/mol. The molecule has 2 rings (SSSR count). The highest BCUT2D eigenvalue weighted by Gasteiger charge is 2.24. The lowest BCUT2D eigenvalue weighted by Gasteiger charge is -2.37. The number of benzene rings is 1. The lowest BCUT2D eigenvalue weighted by molar-refractivity contribution is 0.118. The van der Waals surface area contributed by atoms with Crippen molar-refractivity contribution in [1.82, 2.24) is 4.90 Å². The Balaban J connectivity index is 1.95. The zero-order valence-electron chi connectivity index (χ0n) is 10.3. The molecule has 0 unspecified atom stereocenters. The molecular weight excluding hydrogens is 212 g/mol. The zero-order chi connectivity index (χ0) is 12.1. The van der Waals surface area contributed by atoms with E-state index in [4.69, 9.17) is 5.73 Å². The molecule has 3 N–H and O–H groups in total. The Morgan fingerprint density at radius 3 is 2.76 bits per heavy atom. The molecule has 94 valence electrons. The van der Waals surface area contributed by atoms with Crippen LogP contribution in [0.1, 0.15) is 31.2 Å². The van der Waals surface area contributed by atoms with Gasteiger partial charge in [-0.15, -0.1) is 0 Å². The summed E-state index contributed by atoms with van der Waals surface area (Å²) >= 11 is 0. The van der Waals surface area contributed by atoms with Gasteiger partial charge in [0.05, 0.1) is 0 Å². The quantitative estimate of drug-likeness (QED) is 0.792. The predicted octanol–water partition coefficient (Wildman–Crippen LogP) is 2.10. The highest BCUT2D eigenvalue weighted by atomic mass is 16.3. The molecule has 0 atom stereocenters. The van der Waals surface area contributed by atoms with E-state index in [9.17, 15) is 5.11 Å². The van der Waals surface area contributed by atoms with Gasteiger partial charge in [0.1, 0.15) is 5.75 Å². The van der Waals surface area contributed by atoms with Crippen molar-refractivity contribution < 1.29 is 5.11 Å². The number of aromatic hydroxyl groups is 1. The SMILES string of the molecule is NCCCN(Cc1cccc(O)c1)C1CCC1. The van der Waals surface area contributed by atoms with Crippen LogP contribution in [0.4, 0.5) is 0 Å². The number of nitrogens with zero attached hydrogens (tertiary/aromatic N) is 1. The zero-order valence-corrected chi connectivity index (χ0v) is 10.3. The molecular formula is C14H22N2O. The van der Waals surface area contributed by atoms with Crippen LogP contribution in [0, 0.1) is 0 Å². The molecule has 0 spiro atoms. The van der Waals surface area contributed by atoms with Crippen LogP contribution in [0.5, 0.6) is 5.75 Å². The van der Waals surface area contributed by atoms with E-state index in [1.165, 1.54) is 24.8 Å². The first-order valence-electron chi connectivity index (χ1n) is 6.51. The van der Waals surface area contributed by atoms with Gasteiger partial charge >= 0.3 is 0 Å². The normalized spacial score (nSPS) is 16.1. The smallest absolute Gasteiger partial charge is 0.115 e. The molecule has 0 bridgehead atoms. The molecule has 1 aliphatic carbocycles. The van der Waals surface area contributed by atoms with Crippen molar-refractivity contribution >= 4 is 0 Å². The predicted molar refractivity (Wildman–Crippen MR) is 69.8 cm³/mol. The van der Waals surface area contributed by atoms with Crippen molar-refractivity contribution in [3.8, 4) is 5.75 Å². The fourth-order valence-electron chi connectivity index (χ4n) is 2.33. The Labute approximate surface area is 103 Å². The third-order valence-corrected chi connectivity index (χ3v) is 3.54. The van der Waals surface area contributed by atoms with Crippen LogP contribution in [0.15, 0.2) is 24.3 Å². The second kappa shape index (κ2) is 6.03. The molecule has 1 fully saturated rings. The molecule has 0 aliphatic heterocycles.